The van der Waals surface area contributed by atoms with Gasteiger partial charge < -0.3 is 15.8 Å². The second kappa shape index (κ2) is 8.94. The van der Waals surface area contributed by atoms with Crippen LogP contribution < -0.4 is 11.1 Å². The Bertz CT molecular complexity index is 682. The summed E-state index contributed by atoms with van der Waals surface area (Å²) in [6.45, 7) is 3.74. The Balaban J connectivity index is 3.12. The molecule has 23 heavy (non-hydrogen) atoms. The van der Waals surface area contributed by atoms with E-state index in [9.17, 15) is 8.42 Å². The van der Waals surface area contributed by atoms with Crippen LogP contribution in [-0.4, -0.2) is 40.2 Å². The fourth-order valence-corrected chi connectivity index (χ4v) is 3.14. The zero-order chi connectivity index (χ0) is 17.3. The Hall–Kier alpha value is -2.35. The zero-order valence-electron chi connectivity index (χ0n) is 13.2. The van der Waals surface area contributed by atoms with Crippen LogP contribution >= 0.6 is 0 Å². The first-order valence-corrected chi connectivity index (χ1v) is 8.59. The van der Waals surface area contributed by atoms with Crippen molar-refractivity contribution in [2.45, 2.75) is 18.7 Å². The quantitative estimate of drug-likeness (QED) is 0.487. The molecule has 0 aliphatic heterocycles. The molecule has 0 aromatic heterocycles. The molecule has 0 atom stereocenters. The lowest BCUT2D eigenvalue weighted by Gasteiger charge is -2.13. The van der Waals surface area contributed by atoms with Gasteiger partial charge in [0.25, 0.3) is 0 Å². The molecule has 8 heteroatoms. The predicted molar refractivity (Wildman–Crippen MR) is 91.2 cm³/mol. The smallest absolute Gasteiger partial charge is 0.208 e. The van der Waals surface area contributed by atoms with E-state index in [0.29, 0.717) is 6.61 Å². The lowest BCUT2D eigenvalue weighted by Crippen LogP contribution is -2.31. The van der Waals surface area contributed by atoms with Crippen molar-refractivity contribution in [2.24, 2.45) is 10.7 Å². The summed E-state index contributed by atoms with van der Waals surface area (Å²) in [6.07, 6.45) is 1.51. The number of hydrogen-bond acceptors (Lipinski definition) is 7. The molecule has 0 aliphatic rings. The maximum Gasteiger partial charge on any atom is 0.208 e. The zero-order valence-corrected chi connectivity index (χ0v) is 14.1. The minimum absolute atomic E-state index is 0.00330. The Morgan fingerprint density at radius 3 is 2.61 bits per heavy atom. The number of nitrogens with two attached hydrogens (primary N) is 1. The van der Waals surface area contributed by atoms with Crippen LogP contribution in [0, 0.1) is 5.41 Å². The van der Waals surface area contributed by atoms with Crippen LogP contribution in [-0.2, 0) is 14.6 Å². The van der Waals surface area contributed by atoms with Crippen molar-refractivity contribution in [1.29, 1.82) is 5.41 Å². The normalized spacial score (nSPS) is 12.8. The Kier molecular flexibility index (Phi) is 7.27. The molecule has 0 saturated carbocycles. The second-order valence-corrected chi connectivity index (χ2v) is 6.43. The van der Waals surface area contributed by atoms with Crippen molar-refractivity contribution in [2.75, 3.05) is 19.7 Å². The minimum Gasteiger partial charge on any atom is -0.480 e. The lowest BCUT2D eigenvalue weighted by molar-refractivity contribution is 0.316. The summed E-state index contributed by atoms with van der Waals surface area (Å²) < 4.78 is 30.4. The summed E-state index contributed by atoms with van der Waals surface area (Å²) >= 11 is 0. The minimum atomic E-state index is -3.77. The number of aliphatic imine (C=N–C) groups is 1. The number of ether oxygens (including phenoxy) is 1. The number of hydrogen-bond donors (Lipinski definition) is 3. The average Bonchev–Trinajstić information content (AvgIpc) is 2.54. The highest BCUT2D eigenvalue weighted by Gasteiger charge is 2.23. The van der Waals surface area contributed by atoms with E-state index in [-0.39, 0.29) is 34.6 Å². The molecule has 1 rings (SSSR count). The van der Waals surface area contributed by atoms with Crippen molar-refractivity contribution in [3.8, 4) is 0 Å². The Morgan fingerprint density at radius 1 is 1.39 bits per heavy atom. The molecule has 0 radical (unpaired) electrons. The van der Waals surface area contributed by atoms with Crippen molar-refractivity contribution in [1.82, 2.24) is 5.32 Å². The highest BCUT2D eigenvalue weighted by Crippen LogP contribution is 2.20. The Morgan fingerprint density at radius 2 is 2.04 bits per heavy atom. The first kappa shape index (κ1) is 18.7. The monoisotopic (exact) mass is 338 g/mol. The molecule has 1 aromatic carbocycles. The highest BCUT2D eigenvalue weighted by molar-refractivity contribution is 7.95. The number of rotatable bonds is 8. The standard InChI is InChI=1S/C15H22N4O3S/c1-3-18-10-13(15(17)19-11-14(16)22-4-2)23(20,21)12-8-6-5-7-9-12/h3,5-9,16,19H,4,10-11,17H2,1-2H3/b15-13+,16-14?,18-3?. The number of nitrogens with one attached hydrogen (secondary N) is 2. The largest absolute Gasteiger partial charge is 0.480 e. The average molecular weight is 338 g/mol. The van der Waals surface area contributed by atoms with Crippen molar-refractivity contribution in [3.05, 3.63) is 41.1 Å². The molecule has 7 nitrogen and oxygen atoms in total. The summed E-state index contributed by atoms with van der Waals surface area (Å²) in [5.41, 5.74) is 5.89. The van der Waals surface area contributed by atoms with Gasteiger partial charge in [0.15, 0.2) is 5.90 Å². The number of nitrogens with zero attached hydrogens (tertiary/aromatic N) is 1. The van der Waals surface area contributed by atoms with Crippen LogP contribution in [0.25, 0.3) is 0 Å². The van der Waals surface area contributed by atoms with Gasteiger partial charge in [-0.25, -0.2) is 8.42 Å². The van der Waals surface area contributed by atoms with Crippen LogP contribution in [0.1, 0.15) is 13.8 Å². The lowest BCUT2D eigenvalue weighted by atomic mass is 10.4. The van der Waals surface area contributed by atoms with Crippen molar-refractivity contribution in [3.63, 3.8) is 0 Å². The summed E-state index contributed by atoms with van der Waals surface area (Å²) in [7, 11) is -3.77. The third-order valence-electron chi connectivity index (χ3n) is 2.85. The van der Waals surface area contributed by atoms with Gasteiger partial charge in [0.1, 0.15) is 10.7 Å². The van der Waals surface area contributed by atoms with Gasteiger partial charge in [0.2, 0.25) is 9.84 Å². The first-order chi connectivity index (χ1) is 10.9. The van der Waals surface area contributed by atoms with Crippen molar-refractivity contribution >= 4 is 21.9 Å². The molecule has 0 heterocycles. The van der Waals surface area contributed by atoms with Gasteiger partial charge >= 0.3 is 0 Å². The van der Waals surface area contributed by atoms with Gasteiger partial charge in [-0.2, -0.15) is 0 Å². The third-order valence-corrected chi connectivity index (χ3v) is 4.74. The van der Waals surface area contributed by atoms with E-state index in [2.05, 4.69) is 10.3 Å². The molecule has 0 amide bonds. The predicted octanol–water partition coefficient (Wildman–Crippen LogP) is 1.28. The molecular formula is C15H22N4O3S. The summed E-state index contributed by atoms with van der Waals surface area (Å²) in [5, 5.41) is 10.2. The molecule has 0 unspecified atom stereocenters. The number of sulfone groups is 1. The molecule has 0 bridgehead atoms. The van der Waals surface area contributed by atoms with Crippen LogP contribution in [0.2, 0.25) is 0 Å². The molecule has 0 saturated heterocycles. The van der Waals surface area contributed by atoms with Crippen LogP contribution in [0.15, 0.2) is 50.9 Å². The van der Waals surface area contributed by atoms with Gasteiger partial charge in [-0.15, -0.1) is 0 Å². The molecule has 0 spiro atoms. The third kappa shape index (κ3) is 5.41. The molecule has 126 valence electrons. The van der Waals surface area contributed by atoms with Gasteiger partial charge in [0, 0.05) is 0 Å². The highest BCUT2D eigenvalue weighted by atomic mass is 32.2. The number of benzene rings is 1. The van der Waals surface area contributed by atoms with Gasteiger partial charge in [0.05, 0.1) is 24.6 Å². The van der Waals surface area contributed by atoms with E-state index in [1.165, 1.54) is 18.3 Å². The summed E-state index contributed by atoms with van der Waals surface area (Å²) in [5.74, 6) is -0.0604. The SMILES string of the molecule is CC=NC/C(=C(/N)NCC(=N)OCC)S(=O)(=O)c1ccccc1. The molecular weight excluding hydrogens is 316 g/mol. The first-order valence-electron chi connectivity index (χ1n) is 7.10. The maximum absolute atomic E-state index is 12.7. The van der Waals surface area contributed by atoms with Crippen LogP contribution in [0.5, 0.6) is 0 Å². The molecule has 4 N–H and O–H groups in total. The molecule has 0 aliphatic carbocycles. The van der Waals surface area contributed by atoms with E-state index < -0.39 is 9.84 Å². The summed E-state index contributed by atoms with van der Waals surface area (Å²) in [6, 6.07) is 8.02. The van der Waals surface area contributed by atoms with Gasteiger partial charge in [-0.05, 0) is 32.2 Å². The van der Waals surface area contributed by atoms with Crippen LogP contribution in [0.4, 0.5) is 0 Å². The van der Waals surface area contributed by atoms with E-state index in [0.717, 1.165) is 0 Å². The van der Waals surface area contributed by atoms with E-state index in [1.54, 1.807) is 32.0 Å². The molecule has 1 aromatic rings. The van der Waals surface area contributed by atoms with Gasteiger partial charge in [-0.3, -0.25) is 10.4 Å². The van der Waals surface area contributed by atoms with Crippen LogP contribution in [0.3, 0.4) is 0 Å². The van der Waals surface area contributed by atoms with E-state index in [4.69, 9.17) is 15.9 Å². The maximum atomic E-state index is 12.7. The Labute approximate surface area is 136 Å². The van der Waals surface area contributed by atoms with E-state index >= 15 is 0 Å². The topological polar surface area (TPSA) is 118 Å². The molecule has 0 fully saturated rings. The summed E-state index contributed by atoms with van der Waals surface area (Å²) in [4.78, 5) is 4.09. The van der Waals surface area contributed by atoms with Gasteiger partial charge in [-0.1, -0.05) is 18.2 Å². The fourth-order valence-electron chi connectivity index (χ4n) is 1.73. The van der Waals surface area contributed by atoms with Crippen molar-refractivity contribution < 1.29 is 13.2 Å². The second-order valence-electron chi connectivity index (χ2n) is 4.46. The van der Waals surface area contributed by atoms with E-state index in [1.807, 2.05) is 0 Å². The fraction of sp³-hybridized carbons (Fsp3) is 0.333.